The molecule has 3 aromatic rings. The van der Waals surface area contributed by atoms with E-state index in [1.54, 1.807) is 35.2 Å². The normalized spacial score (nSPS) is 10.4. The van der Waals surface area contributed by atoms with Crippen molar-refractivity contribution in [1.29, 1.82) is 0 Å². The first-order valence-corrected chi connectivity index (χ1v) is 11.9. The smallest absolute Gasteiger partial charge is 0.308 e. The summed E-state index contributed by atoms with van der Waals surface area (Å²) < 4.78 is 0. The van der Waals surface area contributed by atoms with Crippen molar-refractivity contribution in [3.8, 4) is 0 Å². The number of nitrogens with one attached hydrogen (secondary N) is 3. The summed E-state index contributed by atoms with van der Waals surface area (Å²) in [6, 6.07) is 17.7. The van der Waals surface area contributed by atoms with Crippen molar-refractivity contribution in [2.45, 2.75) is 26.7 Å². The summed E-state index contributed by atoms with van der Waals surface area (Å²) >= 11 is 12.4. The lowest BCUT2D eigenvalue weighted by molar-refractivity contribution is 0.0967. The van der Waals surface area contributed by atoms with E-state index in [1.807, 2.05) is 31.2 Å². The molecule has 9 heteroatoms. The Balaban J connectivity index is 1.66. The number of benzene rings is 3. The van der Waals surface area contributed by atoms with Crippen LogP contribution in [0, 0.1) is 6.92 Å². The number of aryl methyl sites for hydroxylation is 1. The molecule has 0 heterocycles. The van der Waals surface area contributed by atoms with Gasteiger partial charge in [0.25, 0.3) is 5.91 Å². The van der Waals surface area contributed by atoms with Gasteiger partial charge in [0, 0.05) is 17.9 Å². The quantitative estimate of drug-likeness (QED) is 0.315. The third kappa shape index (κ3) is 7.21. The Morgan fingerprint density at radius 2 is 1.60 bits per heavy atom. The first kappa shape index (κ1) is 26.1. The maximum absolute atomic E-state index is 13.0. The molecule has 0 bridgehead atoms. The molecule has 0 aliphatic heterocycles. The molecule has 5 amide bonds. The van der Waals surface area contributed by atoms with E-state index < -0.39 is 11.9 Å². The summed E-state index contributed by atoms with van der Waals surface area (Å²) in [5.74, 6) is -0.633. The Morgan fingerprint density at radius 1 is 0.886 bits per heavy atom. The predicted molar refractivity (Wildman–Crippen MR) is 142 cm³/mol. The molecule has 0 radical (unpaired) electrons. The van der Waals surface area contributed by atoms with Crippen LogP contribution in [0.2, 0.25) is 10.0 Å². The summed E-state index contributed by atoms with van der Waals surface area (Å²) in [7, 11) is 0. The predicted octanol–water partition coefficient (Wildman–Crippen LogP) is 7.10. The molecule has 0 fully saturated rings. The average Bonchev–Trinajstić information content (AvgIpc) is 2.82. The van der Waals surface area contributed by atoms with E-state index >= 15 is 0 Å². The molecule has 7 nitrogen and oxygen atoms in total. The van der Waals surface area contributed by atoms with Gasteiger partial charge in [-0.05, 0) is 55.8 Å². The van der Waals surface area contributed by atoms with Crippen LogP contribution in [0.25, 0.3) is 0 Å². The lowest BCUT2D eigenvalue weighted by Gasteiger charge is -2.23. The SMILES string of the molecule is CCCCN(C(=O)Nc1ccc(NC(=O)NC(=O)c2ccccc2Cl)cc1Cl)c1ccc(C)cc1. The van der Waals surface area contributed by atoms with E-state index in [9.17, 15) is 14.4 Å². The fourth-order valence-electron chi connectivity index (χ4n) is 3.24. The highest BCUT2D eigenvalue weighted by Gasteiger charge is 2.18. The molecule has 0 unspecified atom stereocenters. The maximum atomic E-state index is 13.0. The summed E-state index contributed by atoms with van der Waals surface area (Å²) in [4.78, 5) is 39.2. The number of hydrogen-bond donors (Lipinski definition) is 3. The van der Waals surface area contributed by atoms with Gasteiger partial charge in [-0.15, -0.1) is 0 Å². The van der Waals surface area contributed by atoms with Gasteiger partial charge in [0.15, 0.2) is 0 Å². The molecule has 35 heavy (non-hydrogen) atoms. The van der Waals surface area contributed by atoms with Gasteiger partial charge < -0.3 is 10.6 Å². The van der Waals surface area contributed by atoms with E-state index in [0.29, 0.717) is 17.9 Å². The number of rotatable bonds is 7. The zero-order valence-electron chi connectivity index (χ0n) is 19.4. The Labute approximate surface area is 214 Å². The van der Waals surface area contributed by atoms with E-state index in [0.717, 1.165) is 24.1 Å². The molecule has 0 aliphatic rings. The van der Waals surface area contributed by atoms with Gasteiger partial charge >= 0.3 is 12.1 Å². The second kappa shape index (κ2) is 12.2. The van der Waals surface area contributed by atoms with Gasteiger partial charge in [-0.3, -0.25) is 15.0 Å². The van der Waals surface area contributed by atoms with Crippen LogP contribution in [0.3, 0.4) is 0 Å². The van der Waals surface area contributed by atoms with Crippen LogP contribution in [0.5, 0.6) is 0 Å². The molecule has 3 aromatic carbocycles. The number of unbranched alkanes of at least 4 members (excludes halogenated alkanes) is 1. The number of urea groups is 2. The van der Waals surface area contributed by atoms with Crippen LogP contribution in [0.15, 0.2) is 66.7 Å². The lowest BCUT2D eigenvalue weighted by atomic mass is 10.2. The van der Waals surface area contributed by atoms with Crippen molar-refractivity contribution in [3.63, 3.8) is 0 Å². The molecule has 0 aromatic heterocycles. The van der Waals surface area contributed by atoms with Crippen LogP contribution < -0.4 is 20.9 Å². The zero-order valence-corrected chi connectivity index (χ0v) is 20.9. The Bertz CT molecular complexity index is 1220. The summed E-state index contributed by atoms with van der Waals surface area (Å²) in [5.41, 5.74) is 2.81. The number of nitrogens with zero attached hydrogens (tertiary/aromatic N) is 1. The van der Waals surface area contributed by atoms with Crippen LogP contribution in [-0.4, -0.2) is 24.5 Å². The lowest BCUT2D eigenvalue weighted by Crippen LogP contribution is -2.36. The number of anilines is 3. The third-order valence-corrected chi connectivity index (χ3v) is 5.78. The summed E-state index contributed by atoms with van der Waals surface area (Å²) in [6.45, 7) is 4.61. The van der Waals surface area contributed by atoms with Crippen molar-refractivity contribution < 1.29 is 14.4 Å². The second-order valence-electron chi connectivity index (χ2n) is 7.85. The standard InChI is InChI=1S/C26H26Cl2N4O3/c1-3-4-15-32(19-12-9-17(2)10-13-19)26(35)30-23-14-11-18(16-22(23)28)29-25(34)31-24(33)20-7-5-6-8-21(20)27/h5-14,16H,3-4,15H2,1-2H3,(H,30,35)(H2,29,31,33,34). The van der Waals surface area contributed by atoms with E-state index in [4.69, 9.17) is 23.2 Å². The van der Waals surface area contributed by atoms with Gasteiger partial charge in [0.1, 0.15) is 0 Å². The Hall–Kier alpha value is -3.55. The molecule has 0 aliphatic carbocycles. The number of amides is 5. The third-order valence-electron chi connectivity index (χ3n) is 5.14. The first-order chi connectivity index (χ1) is 16.8. The van der Waals surface area contributed by atoms with Gasteiger partial charge in [-0.1, -0.05) is 66.4 Å². The minimum Gasteiger partial charge on any atom is -0.308 e. The Morgan fingerprint density at radius 3 is 2.26 bits per heavy atom. The molecule has 0 spiro atoms. The van der Waals surface area contributed by atoms with E-state index in [-0.39, 0.29) is 21.6 Å². The number of halogens is 2. The van der Waals surface area contributed by atoms with Gasteiger partial charge in [-0.2, -0.15) is 0 Å². The molecule has 0 saturated carbocycles. The Kier molecular flexibility index (Phi) is 9.11. The zero-order chi connectivity index (χ0) is 25.4. The van der Waals surface area contributed by atoms with Crippen molar-refractivity contribution in [2.75, 3.05) is 22.1 Å². The van der Waals surface area contributed by atoms with Crippen LogP contribution in [-0.2, 0) is 0 Å². The number of carbonyl (C=O) groups excluding carboxylic acids is 3. The molecule has 0 saturated heterocycles. The van der Waals surface area contributed by atoms with Gasteiger partial charge in [-0.25, -0.2) is 9.59 Å². The van der Waals surface area contributed by atoms with Crippen LogP contribution >= 0.6 is 23.2 Å². The fraction of sp³-hybridized carbons (Fsp3) is 0.192. The molecule has 182 valence electrons. The largest absolute Gasteiger partial charge is 0.326 e. The molecule has 0 atom stereocenters. The topological polar surface area (TPSA) is 90.5 Å². The number of imide groups is 1. The summed E-state index contributed by atoms with van der Waals surface area (Å²) in [5, 5.41) is 8.06. The van der Waals surface area contributed by atoms with E-state index in [1.165, 1.54) is 12.1 Å². The highest BCUT2D eigenvalue weighted by molar-refractivity contribution is 6.35. The highest BCUT2D eigenvalue weighted by Crippen LogP contribution is 2.27. The summed E-state index contributed by atoms with van der Waals surface area (Å²) in [6.07, 6.45) is 1.79. The van der Waals surface area contributed by atoms with Crippen molar-refractivity contribution in [2.24, 2.45) is 0 Å². The van der Waals surface area contributed by atoms with Crippen LogP contribution in [0.1, 0.15) is 35.7 Å². The molecular weight excluding hydrogens is 487 g/mol. The van der Waals surface area contributed by atoms with E-state index in [2.05, 4.69) is 22.9 Å². The minimum atomic E-state index is -0.743. The fourth-order valence-corrected chi connectivity index (χ4v) is 3.69. The molecule has 3 rings (SSSR count). The monoisotopic (exact) mass is 512 g/mol. The second-order valence-corrected chi connectivity index (χ2v) is 8.67. The first-order valence-electron chi connectivity index (χ1n) is 11.1. The van der Waals surface area contributed by atoms with Gasteiger partial charge in [0.2, 0.25) is 0 Å². The molecular formula is C26H26Cl2N4O3. The van der Waals surface area contributed by atoms with Crippen molar-refractivity contribution in [1.82, 2.24) is 5.32 Å². The van der Waals surface area contributed by atoms with Crippen molar-refractivity contribution in [3.05, 3.63) is 87.9 Å². The highest BCUT2D eigenvalue weighted by atomic mass is 35.5. The maximum Gasteiger partial charge on any atom is 0.326 e. The molecule has 3 N–H and O–H groups in total. The van der Waals surface area contributed by atoms with Crippen LogP contribution in [0.4, 0.5) is 26.7 Å². The van der Waals surface area contributed by atoms with Gasteiger partial charge in [0.05, 0.1) is 21.3 Å². The number of hydrogen-bond acceptors (Lipinski definition) is 3. The minimum absolute atomic E-state index is 0.182. The van der Waals surface area contributed by atoms with Crippen molar-refractivity contribution >= 4 is 58.2 Å². The average molecular weight is 513 g/mol. The number of carbonyl (C=O) groups is 3.